The van der Waals surface area contributed by atoms with Gasteiger partial charge in [-0.1, -0.05) is 18.2 Å². The van der Waals surface area contributed by atoms with Crippen molar-refractivity contribution in [1.82, 2.24) is 16.0 Å². The third-order valence-corrected chi connectivity index (χ3v) is 3.45. The van der Waals surface area contributed by atoms with E-state index in [0.29, 0.717) is 12.5 Å². The summed E-state index contributed by atoms with van der Waals surface area (Å²) in [7, 11) is 1.67. The van der Waals surface area contributed by atoms with Crippen LogP contribution < -0.4 is 16.0 Å². The Balaban J connectivity index is 1.92. The number of aliphatic imine (C=N–C) groups is 1. The number of hydrogen-bond donors (Lipinski definition) is 3. The first kappa shape index (κ1) is 16.9. The summed E-state index contributed by atoms with van der Waals surface area (Å²) in [5.41, 5.74) is 1.99. The Morgan fingerprint density at radius 2 is 2.00 bits per heavy atom. The summed E-state index contributed by atoms with van der Waals surface area (Å²) in [6, 6.07) is 8.07. The molecule has 1 heterocycles. The maximum atomic E-state index is 11.6. The number of nitrogens with zero attached hydrogens (tertiary/aromatic N) is 1. The van der Waals surface area contributed by atoms with E-state index in [4.69, 9.17) is 4.42 Å². The van der Waals surface area contributed by atoms with Gasteiger partial charge >= 0.3 is 0 Å². The number of benzene rings is 1. The van der Waals surface area contributed by atoms with E-state index in [0.717, 1.165) is 22.3 Å². The van der Waals surface area contributed by atoms with Gasteiger partial charge in [0.25, 0.3) is 0 Å². The van der Waals surface area contributed by atoms with Crippen LogP contribution in [0.1, 0.15) is 25.2 Å². The Bertz CT molecular complexity index is 704. The predicted octanol–water partition coefficient (Wildman–Crippen LogP) is 1.93. The summed E-state index contributed by atoms with van der Waals surface area (Å²) in [4.78, 5) is 15.8. The first-order chi connectivity index (χ1) is 11.0. The molecule has 0 saturated carbocycles. The van der Waals surface area contributed by atoms with Gasteiger partial charge in [-0.05, 0) is 26.8 Å². The zero-order valence-electron chi connectivity index (χ0n) is 14.1. The number of carbonyl (C=O) groups is 1. The molecule has 6 heteroatoms. The molecule has 0 saturated heterocycles. The first-order valence-electron chi connectivity index (χ1n) is 7.72. The maximum Gasteiger partial charge on any atom is 0.239 e. The van der Waals surface area contributed by atoms with Crippen LogP contribution in [0.25, 0.3) is 11.0 Å². The topological polar surface area (TPSA) is 78.7 Å². The number of para-hydroxylation sites is 1. The number of aryl methyl sites for hydroxylation is 1. The Morgan fingerprint density at radius 3 is 2.65 bits per heavy atom. The lowest BCUT2D eigenvalue weighted by Gasteiger charge is -2.12. The summed E-state index contributed by atoms with van der Waals surface area (Å²) in [5.74, 6) is 1.35. The molecule has 0 atom stereocenters. The fourth-order valence-corrected chi connectivity index (χ4v) is 2.32. The number of guanidine groups is 1. The second-order valence-electron chi connectivity index (χ2n) is 5.65. The highest BCUT2D eigenvalue weighted by Crippen LogP contribution is 2.24. The van der Waals surface area contributed by atoms with E-state index in [2.05, 4.69) is 20.9 Å². The van der Waals surface area contributed by atoms with Crippen molar-refractivity contribution in [3.05, 3.63) is 35.6 Å². The molecule has 1 aromatic carbocycles. The van der Waals surface area contributed by atoms with Crippen LogP contribution in [0.3, 0.4) is 0 Å². The SMILES string of the molecule is CN=C(NCC(=O)NC(C)C)NCc1oc2ccccc2c1C. The van der Waals surface area contributed by atoms with Gasteiger partial charge in [-0.3, -0.25) is 9.79 Å². The average Bonchev–Trinajstić information content (AvgIpc) is 2.84. The molecular formula is C17H24N4O2. The van der Waals surface area contributed by atoms with Gasteiger partial charge in [-0.15, -0.1) is 0 Å². The number of amides is 1. The predicted molar refractivity (Wildman–Crippen MR) is 92.4 cm³/mol. The highest BCUT2D eigenvalue weighted by atomic mass is 16.3. The lowest BCUT2D eigenvalue weighted by atomic mass is 10.1. The molecule has 124 valence electrons. The largest absolute Gasteiger partial charge is 0.459 e. The Morgan fingerprint density at radius 1 is 1.26 bits per heavy atom. The van der Waals surface area contributed by atoms with Crippen molar-refractivity contribution in [1.29, 1.82) is 0 Å². The Kier molecular flexibility index (Phi) is 5.62. The third kappa shape index (κ3) is 4.48. The van der Waals surface area contributed by atoms with Crippen molar-refractivity contribution in [3.8, 4) is 0 Å². The van der Waals surface area contributed by atoms with Gasteiger partial charge in [0.15, 0.2) is 5.96 Å². The highest BCUT2D eigenvalue weighted by molar-refractivity contribution is 5.86. The van der Waals surface area contributed by atoms with Gasteiger partial charge in [-0.2, -0.15) is 0 Å². The van der Waals surface area contributed by atoms with E-state index in [9.17, 15) is 4.79 Å². The van der Waals surface area contributed by atoms with Crippen molar-refractivity contribution in [2.75, 3.05) is 13.6 Å². The second kappa shape index (κ2) is 7.67. The van der Waals surface area contributed by atoms with E-state index in [1.165, 1.54) is 0 Å². The molecule has 2 rings (SSSR count). The molecule has 0 spiro atoms. The Hall–Kier alpha value is -2.50. The standard InChI is InChI=1S/C17H24N4O2/c1-11(2)21-16(22)10-20-17(18-4)19-9-15-12(3)13-7-5-6-8-14(13)23-15/h5-8,11H,9-10H2,1-4H3,(H,21,22)(H2,18,19,20). The van der Waals surface area contributed by atoms with Crippen LogP contribution >= 0.6 is 0 Å². The van der Waals surface area contributed by atoms with Crippen molar-refractivity contribution < 1.29 is 9.21 Å². The number of fused-ring (bicyclic) bond motifs is 1. The van der Waals surface area contributed by atoms with Gasteiger partial charge in [0.1, 0.15) is 11.3 Å². The molecule has 0 bridgehead atoms. The molecule has 3 N–H and O–H groups in total. The minimum Gasteiger partial charge on any atom is -0.459 e. The molecule has 2 aromatic rings. The number of furan rings is 1. The van der Waals surface area contributed by atoms with E-state index in [1.54, 1.807) is 7.05 Å². The molecule has 0 radical (unpaired) electrons. The number of carbonyl (C=O) groups excluding carboxylic acids is 1. The fourth-order valence-electron chi connectivity index (χ4n) is 2.32. The molecule has 23 heavy (non-hydrogen) atoms. The van der Waals surface area contributed by atoms with Crippen LogP contribution in [0.5, 0.6) is 0 Å². The van der Waals surface area contributed by atoms with Gasteiger partial charge in [-0.25, -0.2) is 0 Å². The molecular weight excluding hydrogens is 292 g/mol. The molecule has 0 fully saturated rings. The number of rotatable bonds is 5. The minimum atomic E-state index is -0.0668. The molecule has 0 aliphatic heterocycles. The molecule has 1 aromatic heterocycles. The van der Waals surface area contributed by atoms with E-state index in [-0.39, 0.29) is 18.5 Å². The number of nitrogens with one attached hydrogen (secondary N) is 3. The first-order valence-corrected chi connectivity index (χ1v) is 7.72. The lowest BCUT2D eigenvalue weighted by Crippen LogP contribution is -2.44. The smallest absolute Gasteiger partial charge is 0.239 e. The van der Waals surface area contributed by atoms with Gasteiger partial charge < -0.3 is 20.4 Å². The van der Waals surface area contributed by atoms with Crippen LogP contribution in [0.15, 0.2) is 33.7 Å². The van der Waals surface area contributed by atoms with Crippen molar-refractivity contribution in [2.45, 2.75) is 33.4 Å². The molecule has 0 aliphatic carbocycles. The number of hydrogen-bond acceptors (Lipinski definition) is 3. The van der Waals surface area contributed by atoms with Crippen molar-refractivity contribution >= 4 is 22.8 Å². The summed E-state index contributed by atoms with van der Waals surface area (Å²) in [6.45, 7) is 6.57. The van der Waals surface area contributed by atoms with Crippen molar-refractivity contribution in [2.24, 2.45) is 4.99 Å². The molecule has 1 amide bonds. The highest BCUT2D eigenvalue weighted by Gasteiger charge is 2.10. The maximum absolute atomic E-state index is 11.6. The molecule has 0 unspecified atom stereocenters. The zero-order chi connectivity index (χ0) is 16.8. The summed E-state index contributed by atoms with van der Waals surface area (Å²) >= 11 is 0. The normalized spacial score (nSPS) is 11.8. The lowest BCUT2D eigenvalue weighted by molar-refractivity contribution is -0.120. The van der Waals surface area contributed by atoms with Gasteiger partial charge in [0.2, 0.25) is 5.91 Å². The van der Waals surface area contributed by atoms with E-state index >= 15 is 0 Å². The quantitative estimate of drug-likeness (QED) is 0.582. The Labute approximate surface area is 136 Å². The van der Waals surface area contributed by atoms with E-state index < -0.39 is 0 Å². The van der Waals surface area contributed by atoms with Crippen LogP contribution in [-0.4, -0.2) is 31.5 Å². The second-order valence-corrected chi connectivity index (χ2v) is 5.65. The molecule has 0 aliphatic rings. The van der Waals surface area contributed by atoms with E-state index in [1.807, 2.05) is 45.0 Å². The molecule has 6 nitrogen and oxygen atoms in total. The summed E-state index contributed by atoms with van der Waals surface area (Å²) in [5, 5.41) is 10.1. The van der Waals surface area contributed by atoms with Crippen LogP contribution in [0, 0.1) is 6.92 Å². The van der Waals surface area contributed by atoms with Crippen LogP contribution in [0.4, 0.5) is 0 Å². The average molecular weight is 316 g/mol. The van der Waals surface area contributed by atoms with Crippen molar-refractivity contribution in [3.63, 3.8) is 0 Å². The third-order valence-electron chi connectivity index (χ3n) is 3.45. The van der Waals surface area contributed by atoms with Gasteiger partial charge in [0.05, 0.1) is 13.1 Å². The van der Waals surface area contributed by atoms with Gasteiger partial charge in [0, 0.05) is 24.0 Å². The van der Waals surface area contributed by atoms with Crippen LogP contribution in [-0.2, 0) is 11.3 Å². The minimum absolute atomic E-state index is 0.0668. The van der Waals surface area contributed by atoms with Crippen LogP contribution in [0.2, 0.25) is 0 Å². The zero-order valence-corrected chi connectivity index (χ0v) is 14.1. The monoisotopic (exact) mass is 316 g/mol. The summed E-state index contributed by atoms with van der Waals surface area (Å²) in [6.07, 6.45) is 0. The fraction of sp³-hybridized carbons (Fsp3) is 0.412. The summed E-state index contributed by atoms with van der Waals surface area (Å²) < 4.78 is 5.85.